The van der Waals surface area contributed by atoms with Crippen molar-refractivity contribution in [3.8, 4) is 0 Å². The Balaban J connectivity index is 1.91. The fourth-order valence-corrected chi connectivity index (χ4v) is 2.60. The molecular weight excluding hydrogens is 218 g/mol. The monoisotopic (exact) mass is 237 g/mol. The maximum Gasteiger partial charge on any atom is 0.0480 e. The molecule has 2 rings (SSSR count). The Morgan fingerprint density at radius 2 is 2.00 bits per heavy atom. The highest BCUT2D eigenvalue weighted by Crippen LogP contribution is 2.22. The highest BCUT2D eigenvalue weighted by molar-refractivity contribution is 6.32. The SMILES string of the molecule is Cc1cccc(CNC2CCCCC2)c1Cl. The summed E-state index contributed by atoms with van der Waals surface area (Å²) < 4.78 is 0. The number of halogens is 1. The summed E-state index contributed by atoms with van der Waals surface area (Å²) in [6, 6.07) is 6.96. The maximum absolute atomic E-state index is 6.27. The van der Waals surface area contributed by atoms with Gasteiger partial charge in [-0.15, -0.1) is 0 Å². The number of aryl methyl sites for hydroxylation is 1. The molecule has 1 fully saturated rings. The van der Waals surface area contributed by atoms with Crippen LogP contribution in [0.25, 0.3) is 0 Å². The molecule has 0 atom stereocenters. The molecule has 0 saturated heterocycles. The third-order valence-electron chi connectivity index (χ3n) is 3.46. The van der Waals surface area contributed by atoms with Crippen LogP contribution >= 0.6 is 11.6 Å². The maximum atomic E-state index is 6.27. The predicted octanol–water partition coefficient (Wildman–Crippen LogP) is 4.07. The lowest BCUT2D eigenvalue weighted by molar-refractivity contribution is 0.372. The zero-order valence-electron chi connectivity index (χ0n) is 9.93. The first kappa shape index (κ1) is 11.9. The summed E-state index contributed by atoms with van der Waals surface area (Å²) in [4.78, 5) is 0. The molecule has 1 nitrogen and oxygen atoms in total. The molecule has 1 aliphatic carbocycles. The number of benzene rings is 1. The van der Waals surface area contributed by atoms with Gasteiger partial charge in [0.15, 0.2) is 0 Å². The summed E-state index contributed by atoms with van der Waals surface area (Å²) in [5, 5.41) is 4.54. The second-order valence-corrected chi connectivity index (χ2v) is 5.14. The number of hydrogen-bond donors (Lipinski definition) is 1. The normalized spacial score (nSPS) is 17.6. The zero-order valence-corrected chi connectivity index (χ0v) is 10.7. The molecule has 88 valence electrons. The van der Waals surface area contributed by atoms with E-state index in [0.29, 0.717) is 6.04 Å². The van der Waals surface area contributed by atoms with E-state index >= 15 is 0 Å². The van der Waals surface area contributed by atoms with Crippen LogP contribution < -0.4 is 5.32 Å². The standard InChI is InChI=1S/C14H20ClN/c1-11-6-5-7-12(14(11)15)10-16-13-8-3-2-4-9-13/h5-7,13,16H,2-4,8-10H2,1H3. The van der Waals surface area contributed by atoms with Crippen molar-refractivity contribution in [2.45, 2.75) is 51.6 Å². The van der Waals surface area contributed by atoms with E-state index in [1.165, 1.54) is 43.2 Å². The van der Waals surface area contributed by atoms with Crippen molar-refractivity contribution in [1.82, 2.24) is 5.32 Å². The second-order valence-electron chi connectivity index (χ2n) is 4.76. The van der Waals surface area contributed by atoms with Crippen molar-refractivity contribution in [2.24, 2.45) is 0 Å². The highest BCUT2D eigenvalue weighted by atomic mass is 35.5. The summed E-state index contributed by atoms with van der Waals surface area (Å²) in [6.45, 7) is 2.97. The van der Waals surface area contributed by atoms with E-state index in [2.05, 4.69) is 30.4 Å². The Labute approximate surface area is 103 Å². The quantitative estimate of drug-likeness (QED) is 0.836. The molecule has 0 unspecified atom stereocenters. The summed E-state index contributed by atoms with van der Waals surface area (Å²) in [6.07, 6.45) is 6.80. The molecule has 0 radical (unpaired) electrons. The van der Waals surface area contributed by atoms with Gasteiger partial charge in [-0.05, 0) is 30.9 Å². The molecule has 1 saturated carbocycles. The summed E-state index contributed by atoms with van der Waals surface area (Å²) in [5.41, 5.74) is 2.40. The lowest BCUT2D eigenvalue weighted by Crippen LogP contribution is -2.30. The molecule has 16 heavy (non-hydrogen) atoms. The molecule has 2 heteroatoms. The minimum absolute atomic E-state index is 0.699. The van der Waals surface area contributed by atoms with Gasteiger partial charge in [-0.2, -0.15) is 0 Å². The molecular formula is C14H20ClN. The van der Waals surface area contributed by atoms with Crippen molar-refractivity contribution in [1.29, 1.82) is 0 Å². The van der Waals surface area contributed by atoms with Gasteiger partial charge in [-0.25, -0.2) is 0 Å². The van der Waals surface area contributed by atoms with Crippen LogP contribution in [0.4, 0.5) is 0 Å². The van der Waals surface area contributed by atoms with Crippen LogP contribution in [0.5, 0.6) is 0 Å². The van der Waals surface area contributed by atoms with Gasteiger partial charge in [0, 0.05) is 17.6 Å². The topological polar surface area (TPSA) is 12.0 Å². The average molecular weight is 238 g/mol. The Morgan fingerprint density at radius 1 is 1.25 bits per heavy atom. The summed E-state index contributed by atoms with van der Waals surface area (Å²) >= 11 is 6.27. The fourth-order valence-electron chi connectivity index (χ4n) is 2.41. The van der Waals surface area contributed by atoms with Crippen molar-refractivity contribution >= 4 is 11.6 Å². The highest BCUT2D eigenvalue weighted by Gasteiger charge is 2.13. The molecule has 0 amide bonds. The number of rotatable bonds is 3. The molecule has 0 spiro atoms. The Kier molecular flexibility index (Phi) is 4.25. The molecule has 1 N–H and O–H groups in total. The van der Waals surface area contributed by atoms with Crippen LogP contribution in [0.2, 0.25) is 5.02 Å². The largest absolute Gasteiger partial charge is 0.310 e. The third-order valence-corrected chi connectivity index (χ3v) is 4.00. The van der Waals surface area contributed by atoms with Crippen LogP contribution in [-0.2, 0) is 6.54 Å². The van der Waals surface area contributed by atoms with Gasteiger partial charge in [0.1, 0.15) is 0 Å². The van der Waals surface area contributed by atoms with E-state index in [4.69, 9.17) is 11.6 Å². The zero-order chi connectivity index (χ0) is 11.4. The predicted molar refractivity (Wildman–Crippen MR) is 69.9 cm³/mol. The summed E-state index contributed by atoms with van der Waals surface area (Å²) in [5.74, 6) is 0. The van der Waals surface area contributed by atoms with Crippen LogP contribution in [0, 0.1) is 6.92 Å². The lowest BCUT2D eigenvalue weighted by Gasteiger charge is -2.23. The van der Waals surface area contributed by atoms with Crippen LogP contribution in [0.3, 0.4) is 0 Å². The van der Waals surface area contributed by atoms with E-state index < -0.39 is 0 Å². The number of hydrogen-bond acceptors (Lipinski definition) is 1. The number of nitrogens with one attached hydrogen (secondary N) is 1. The second kappa shape index (κ2) is 5.70. The smallest absolute Gasteiger partial charge is 0.0480 e. The van der Waals surface area contributed by atoms with Crippen LogP contribution in [0.1, 0.15) is 43.2 Å². The lowest BCUT2D eigenvalue weighted by atomic mass is 9.95. The van der Waals surface area contributed by atoms with Gasteiger partial charge >= 0.3 is 0 Å². The fraction of sp³-hybridized carbons (Fsp3) is 0.571. The Morgan fingerprint density at radius 3 is 2.75 bits per heavy atom. The van der Waals surface area contributed by atoms with Gasteiger partial charge in [0.05, 0.1) is 0 Å². The first-order valence-corrected chi connectivity index (χ1v) is 6.62. The molecule has 0 aliphatic heterocycles. The van der Waals surface area contributed by atoms with E-state index in [0.717, 1.165) is 11.6 Å². The van der Waals surface area contributed by atoms with Gasteiger partial charge in [0.2, 0.25) is 0 Å². The molecule has 0 aromatic heterocycles. The average Bonchev–Trinajstić information content (AvgIpc) is 2.32. The van der Waals surface area contributed by atoms with E-state index in [-0.39, 0.29) is 0 Å². The van der Waals surface area contributed by atoms with Gasteiger partial charge in [-0.3, -0.25) is 0 Å². The van der Waals surface area contributed by atoms with Crippen molar-refractivity contribution in [3.05, 3.63) is 34.3 Å². The van der Waals surface area contributed by atoms with Crippen LogP contribution in [-0.4, -0.2) is 6.04 Å². The van der Waals surface area contributed by atoms with Crippen molar-refractivity contribution in [2.75, 3.05) is 0 Å². The molecule has 1 aliphatic rings. The Hall–Kier alpha value is -0.530. The van der Waals surface area contributed by atoms with Crippen LogP contribution in [0.15, 0.2) is 18.2 Å². The van der Waals surface area contributed by atoms with E-state index in [1.54, 1.807) is 0 Å². The molecule has 1 aromatic rings. The van der Waals surface area contributed by atoms with E-state index in [1.807, 2.05) is 0 Å². The third kappa shape index (κ3) is 2.99. The van der Waals surface area contributed by atoms with Crippen molar-refractivity contribution in [3.63, 3.8) is 0 Å². The van der Waals surface area contributed by atoms with E-state index in [9.17, 15) is 0 Å². The minimum atomic E-state index is 0.699. The first-order chi connectivity index (χ1) is 7.77. The molecule has 0 heterocycles. The van der Waals surface area contributed by atoms with Crippen molar-refractivity contribution < 1.29 is 0 Å². The first-order valence-electron chi connectivity index (χ1n) is 6.25. The van der Waals surface area contributed by atoms with Gasteiger partial charge in [0.25, 0.3) is 0 Å². The Bertz CT molecular complexity index is 343. The van der Waals surface area contributed by atoms with Gasteiger partial charge < -0.3 is 5.32 Å². The molecule has 0 bridgehead atoms. The summed E-state index contributed by atoms with van der Waals surface area (Å²) in [7, 11) is 0. The van der Waals surface area contributed by atoms with Gasteiger partial charge in [-0.1, -0.05) is 49.1 Å². The molecule has 1 aromatic carbocycles. The minimum Gasteiger partial charge on any atom is -0.310 e.